The van der Waals surface area contributed by atoms with Crippen molar-refractivity contribution in [3.05, 3.63) is 27.7 Å². The summed E-state index contributed by atoms with van der Waals surface area (Å²) in [5.74, 6) is 1.82. The van der Waals surface area contributed by atoms with Crippen LogP contribution in [0.4, 0.5) is 0 Å². The third-order valence-corrected chi connectivity index (χ3v) is 4.44. The molecule has 0 atom stereocenters. The normalized spacial score (nSPS) is 15.3. The quantitative estimate of drug-likeness (QED) is 0.762. The number of hydrogen-bond donors (Lipinski definition) is 1. The molecule has 1 fully saturated rings. The van der Waals surface area contributed by atoms with Gasteiger partial charge >= 0.3 is 0 Å². The first kappa shape index (κ1) is 14.9. The van der Waals surface area contributed by atoms with Crippen molar-refractivity contribution in [2.45, 2.75) is 45.4 Å². The lowest BCUT2D eigenvalue weighted by Gasteiger charge is -2.26. The Morgan fingerprint density at radius 2 is 2.11 bits per heavy atom. The van der Waals surface area contributed by atoms with Crippen LogP contribution in [0.5, 0.6) is 5.75 Å². The number of hydrogen-bond acceptors (Lipinski definition) is 2. The van der Waals surface area contributed by atoms with Gasteiger partial charge in [-0.25, -0.2) is 0 Å². The zero-order valence-corrected chi connectivity index (χ0v) is 13.3. The summed E-state index contributed by atoms with van der Waals surface area (Å²) in [6.07, 6.45) is 7.28. The molecule has 1 aromatic carbocycles. The highest BCUT2D eigenvalue weighted by Crippen LogP contribution is 2.34. The Hall–Kier alpha value is -0.540. The van der Waals surface area contributed by atoms with Gasteiger partial charge in [0.1, 0.15) is 5.75 Å². The van der Waals surface area contributed by atoms with E-state index < -0.39 is 0 Å². The van der Waals surface area contributed by atoms with Crippen LogP contribution in [0.25, 0.3) is 0 Å². The van der Waals surface area contributed by atoms with E-state index in [-0.39, 0.29) is 0 Å². The van der Waals surface area contributed by atoms with E-state index in [2.05, 4.69) is 35.0 Å². The van der Waals surface area contributed by atoms with E-state index in [9.17, 15) is 0 Å². The van der Waals surface area contributed by atoms with Crippen LogP contribution in [0.2, 0.25) is 0 Å². The van der Waals surface area contributed by atoms with Gasteiger partial charge < -0.3 is 10.5 Å². The zero-order chi connectivity index (χ0) is 13.7. The maximum Gasteiger partial charge on any atom is 0.136 e. The monoisotopic (exact) mass is 325 g/mol. The van der Waals surface area contributed by atoms with Gasteiger partial charge in [0.25, 0.3) is 0 Å². The van der Waals surface area contributed by atoms with Gasteiger partial charge in [0.15, 0.2) is 0 Å². The molecule has 0 amide bonds. The van der Waals surface area contributed by atoms with E-state index in [0.717, 1.165) is 48.6 Å². The van der Waals surface area contributed by atoms with Crippen molar-refractivity contribution in [2.24, 2.45) is 11.7 Å². The van der Waals surface area contributed by atoms with Gasteiger partial charge in [-0.2, -0.15) is 0 Å². The van der Waals surface area contributed by atoms with Crippen LogP contribution in [-0.2, 0) is 6.42 Å². The molecule has 2 N–H and O–H groups in total. The predicted octanol–water partition coefficient (Wildman–Crippen LogP) is 4.22. The standard InChI is InChI=1S/C16H24BrNO/c1-12-9-14(7-2-3-8-18)16(15(17)10-12)19-11-13-5-4-6-13/h9-10,13H,2-8,11,18H2,1H3. The molecule has 2 rings (SSSR count). The summed E-state index contributed by atoms with van der Waals surface area (Å²) in [4.78, 5) is 0. The Kier molecular flexibility index (Phi) is 5.71. The Balaban J connectivity index is 2.03. The average Bonchev–Trinajstić information content (AvgIpc) is 2.30. The molecule has 0 spiro atoms. The highest BCUT2D eigenvalue weighted by atomic mass is 79.9. The van der Waals surface area contributed by atoms with E-state index in [4.69, 9.17) is 10.5 Å². The van der Waals surface area contributed by atoms with Crippen LogP contribution in [0, 0.1) is 12.8 Å². The van der Waals surface area contributed by atoms with E-state index in [1.165, 1.54) is 30.4 Å². The van der Waals surface area contributed by atoms with Crippen LogP contribution >= 0.6 is 15.9 Å². The minimum absolute atomic E-state index is 0.769. The molecular weight excluding hydrogens is 302 g/mol. The number of benzene rings is 1. The molecule has 1 aromatic rings. The maximum absolute atomic E-state index is 6.08. The second-order valence-electron chi connectivity index (χ2n) is 5.59. The van der Waals surface area contributed by atoms with E-state index in [1.807, 2.05) is 0 Å². The fourth-order valence-corrected chi connectivity index (χ4v) is 3.20. The fourth-order valence-electron chi connectivity index (χ4n) is 2.47. The van der Waals surface area contributed by atoms with Gasteiger partial charge in [-0.15, -0.1) is 0 Å². The lowest BCUT2D eigenvalue weighted by Crippen LogP contribution is -2.19. The van der Waals surface area contributed by atoms with E-state index in [0.29, 0.717) is 0 Å². The predicted molar refractivity (Wildman–Crippen MR) is 83.7 cm³/mol. The van der Waals surface area contributed by atoms with Crippen molar-refractivity contribution in [3.63, 3.8) is 0 Å². The SMILES string of the molecule is Cc1cc(Br)c(OCC2CCC2)c(CCCCN)c1. The topological polar surface area (TPSA) is 35.2 Å². The van der Waals surface area contributed by atoms with Gasteiger partial charge in [0.05, 0.1) is 11.1 Å². The minimum Gasteiger partial charge on any atom is -0.492 e. The number of ether oxygens (including phenoxy) is 1. The molecule has 106 valence electrons. The van der Waals surface area contributed by atoms with E-state index in [1.54, 1.807) is 0 Å². The molecule has 1 aliphatic rings. The number of halogens is 1. The number of nitrogens with two attached hydrogens (primary N) is 1. The van der Waals surface area contributed by atoms with Crippen LogP contribution in [-0.4, -0.2) is 13.2 Å². The Morgan fingerprint density at radius 3 is 2.74 bits per heavy atom. The summed E-state index contributed by atoms with van der Waals surface area (Å²) >= 11 is 3.65. The molecule has 0 saturated heterocycles. The number of aryl methyl sites for hydroxylation is 2. The van der Waals surface area contributed by atoms with Crippen molar-refractivity contribution in [1.82, 2.24) is 0 Å². The molecule has 1 saturated carbocycles. The number of rotatable bonds is 7. The van der Waals surface area contributed by atoms with Crippen molar-refractivity contribution in [1.29, 1.82) is 0 Å². The smallest absolute Gasteiger partial charge is 0.136 e. The van der Waals surface area contributed by atoms with Crippen LogP contribution in [0.15, 0.2) is 16.6 Å². The molecule has 19 heavy (non-hydrogen) atoms. The minimum atomic E-state index is 0.769. The summed E-state index contributed by atoms with van der Waals surface area (Å²) in [6.45, 7) is 3.77. The van der Waals surface area contributed by atoms with Crippen LogP contribution < -0.4 is 10.5 Å². The molecule has 3 heteroatoms. The molecule has 0 unspecified atom stereocenters. The lowest BCUT2D eigenvalue weighted by atomic mass is 9.86. The summed E-state index contributed by atoms with van der Waals surface area (Å²) in [7, 11) is 0. The highest BCUT2D eigenvalue weighted by molar-refractivity contribution is 9.10. The van der Waals surface area contributed by atoms with E-state index >= 15 is 0 Å². The molecule has 0 aliphatic heterocycles. The summed E-state index contributed by atoms with van der Waals surface area (Å²) in [6, 6.07) is 4.39. The van der Waals surface area contributed by atoms with Crippen molar-refractivity contribution >= 4 is 15.9 Å². The molecule has 0 radical (unpaired) electrons. The van der Waals surface area contributed by atoms with Crippen LogP contribution in [0.1, 0.15) is 43.2 Å². The van der Waals surface area contributed by atoms with Crippen molar-refractivity contribution in [2.75, 3.05) is 13.2 Å². The Morgan fingerprint density at radius 1 is 1.32 bits per heavy atom. The molecule has 0 heterocycles. The first-order valence-electron chi connectivity index (χ1n) is 7.32. The van der Waals surface area contributed by atoms with Crippen molar-refractivity contribution < 1.29 is 4.74 Å². The second-order valence-corrected chi connectivity index (χ2v) is 6.44. The zero-order valence-electron chi connectivity index (χ0n) is 11.8. The Labute approximate surface area is 124 Å². The summed E-state index contributed by atoms with van der Waals surface area (Å²) in [5, 5.41) is 0. The Bertz CT molecular complexity index is 415. The molecule has 0 bridgehead atoms. The van der Waals surface area contributed by atoms with Crippen LogP contribution in [0.3, 0.4) is 0 Å². The molecule has 0 aromatic heterocycles. The first-order chi connectivity index (χ1) is 9.20. The maximum atomic E-state index is 6.08. The second kappa shape index (κ2) is 7.30. The highest BCUT2D eigenvalue weighted by Gasteiger charge is 2.19. The summed E-state index contributed by atoms with van der Waals surface area (Å²) in [5.41, 5.74) is 8.18. The fraction of sp³-hybridized carbons (Fsp3) is 0.625. The van der Waals surface area contributed by atoms with Gasteiger partial charge in [-0.3, -0.25) is 0 Å². The van der Waals surface area contributed by atoms with Gasteiger partial charge in [-0.1, -0.05) is 12.5 Å². The first-order valence-corrected chi connectivity index (χ1v) is 8.12. The molecular formula is C16H24BrNO. The van der Waals surface area contributed by atoms with Gasteiger partial charge in [-0.05, 0) is 84.6 Å². The molecule has 1 aliphatic carbocycles. The van der Waals surface area contributed by atoms with Gasteiger partial charge in [0, 0.05) is 0 Å². The lowest BCUT2D eigenvalue weighted by molar-refractivity contribution is 0.178. The third-order valence-electron chi connectivity index (χ3n) is 3.85. The molecule has 2 nitrogen and oxygen atoms in total. The van der Waals surface area contributed by atoms with Crippen molar-refractivity contribution in [3.8, 4) is 5.75 Å². The van der Waals surface area contributed by atoms with Gasteiger partial charge in [0.2, 0.25) is 0 Å². The average molecular weight is 326 g/mol. The number of unbranched alkanes of at least 4 members (excludes halogenated alkanes) is 1. The largest absolute Gasteiger partial charge is 0.492 e. The third kappa shape index (κ3) is 4.22. The summed E-state index contributed by atoms with van der Waals surface area (Å²) < 4.78 is 7.17.